The van der Waals surface area contributed by atoms with Crippen molar-refractivity contribution in [2.45, 2.75) is 44.1 Å². The van der Waals surface area contributed by atoms with Crippen molar-refractivity contribution in [1.82, 2.24) is 4.98 Å². The fourth-order valence-electron chi connectivity index (χ4n) is 3.39. The molecule has 0 saturated heterocycles. The van der Waals surface area contributed by atoms with Gasteiger partial charge in [-0.25, -0.2) is 4.98 Å². The van der Waals surface area contributed by atoms with Crippen molar-refractivity contribution >= 4 is 0 Å². The van der Waals surface area contributed by atoms with E-state index in [0.717, 1.165) is 38.5 Å². The number of aromatic nitrogens is 1. The summed E-state index contributed by atoms with van der Waals surface area (Å²) in [7, 11) is 0. The molecule has 94 valence electrons. The van der Waals surface area contributed by atoms with Crippen LogP contribution in [0.1, 0.15) is 44.2 Å². The zero-order valence-electron chi connectivity index (χ0n) is 10.4. The van der Waals surface area contributed by atoms with Crippen molar-refractivity contribution in [3.63, 3.8) is 0 Å². The second-order valence-electron chi connectivity index (χ2n) is 5.77. The monoisotopic (exact) mass is 244 g/mol. The Kier molecular flexibility index (Phi) is 2.64. The van der Waals surface area contributed by atoms with Crippen LogP contribution in [0.3, 0.4) is 0 Å². The first-order chi connectivity index (χ1) is 8.59. The van der Waals surface area contributed by atoms with Crippen molar-refractivity contribution in [2.75, 3.05) is 0 Å². The van der Waals surface area contributed by atoms with Gasteiger partial charge in [0.15, 0.2) is 0 Å². The Bertz CT molecular complexity index is 531. The van der Waals surface area contributed by atoms with Gasteiger partial charge in [0, 0.05) is 11.0 Å². The molecule has 2 bridgehead atoms. The zero-order valence-corrected chi connectivity index (χ0v) is 10.4. The van der Waals surface area contributed by atoms with Gasteiger partial charge >= 0.3 is 0 Å². The summed E-state index contributed by atoms with van der Waals surface area (Å²) in [6, 6.07) is 4.73. The predicted molar refractivity (Wildman–Crippen MR) is 68.1 cm³/mol. The van der Waals surface area contributed by atoms with Crippen LogP contribution in [0.25, 0.3) is 0 Å². The third-order valence-electron chi connectivity index (χ3n) is 4.29. The van der Waals surface area contributed by atoms with Gasteiger partial charge in [-0.3, -0.25) is 0 Å². The van der Waals surface area contributed by atoms with Crippen LogP contribution in [0.2, 0.25) is 0 Å². The number of halogens is 1. The lowest BCUT2D eigenvalue weighted by molar-refractivity contribution is 0.257. The molecule has 2 N–H and O–H groups in total. The van der Waals surface area contributed by atoms with Crippen LogP contribution in [0.15, 0.2) is 18.2 Å². The molecule has 0 radical (unpaired) electrons. The molecule has 0 spiro atoms. The summed E-state index contributed by atoms with van der Waals surface area (Å²) in [4.78, 5) is 3.78. The number of nitrogens with zero attached hydrogens (tertiary/aromatic N) is 1. The van der Waals surface area contributed by atoms with Crippen LogP contribution in [0.5, 0.6) is 0 Å². The maximum Gasteiger partial charge on any atom is 0.214 e. The normalized spacial score (nSPS) is 33.9. The summed E-state index contributed by atoms with van der Waals surface area (Å²) in [6.45, 7) is 0. The molecule has 0 amide bonds. The summed E-state index contributed by atoms with van der Waals surface area (Å²) in [5, 5.41) is 0. The highest BCUT2D eigenvalue weighted by atomic mass is 19.1. The van der Waals surface area contributed by atoms with Crippen molar-refractivity contribution in [3.05, 3.63) is 29.8 Å². The number of pyridine rings is 1. The van der Waals surface area contributed by atoms with Crippen LogP contribution in [0.4, 0.5) is 4.39 Å². The van der Waals surface area contributed by atoms with Gasteiger partial charge in [0.25, 0.3) is 0 Å². The largest absolute Gasteiger partial charge is 0.325 e. The number of fused-ring (bicyclic) bond motifs is 2. The number of nitrogens with two attached hydrogens (primary N) is 1. The molecule has 2 atom stereocenters. The molecule has 2 nitrogen and oxygen atoms in total. The fraction of sp³-hybridized carbons (Fsp3) is 0.533. The summed E-state index contributed by atoms with van der Waals surface area (Å²) >= 11 is 0. The van der Waals surface area contributed by atoms with E-state index in [1.165, 1.54) is 6.07 Å². The smallest absolute Gasteiger partial charge is 0.214 e. The van der Waals surface area contributed by atoms with Crippen molar-refractivity contribution < 1.29 is 4.39 Å². The van der Waals surface area contributed by atoms with E-state index in [2.05, 4.69) is 16.8 Å². The highest BCUT2D eigenvalue weighted by molar-refractivity contribution is 5.31. The van der Waals surface area contributed by atoms with Crippen LogP contribution >= 0.6 is 0 Å². The van der Waals surface area contributed by atoms with E-state index in [9.17, 15) is 4.39 Å². The SMILES string of the molecule is NC12CCCC(C#Cc3cccc(F)n3)(CC1)C2. The van der Waals surface area contributed by atoms with Gasteiger partial charge in [-0.2, -0.15) is 4.39 Å². The minimum absolute atomic E-state index is 0.00228. The molecular formula is C15H17FN2. The Labute approximate surface area is 107 Å². The molecule has 1 aromatic heterocycles. The van der Waals surface area contributed by atoms with E-state index in [4.69, 9.17) is 5.73 Å². The molecule has 18 heavy (non-hydrogen) atoms. The minimum atomic E-state index is -0.470. The van der Waals surface area contributed by atoms with E-state index in [1.807, 2.05) is 0 Å². The highest BCUT2D eigenvalue weighted by Gasteiger charge is 2.48. The van der Waals surface area contributed by atoms with E-state index in [-0.39, 0.29) is 11.0 Å². The second-order valence-corrected chi connectivity index (χ2v) is 5.77. The molecular weight excluding hydrogens is 227 g/mol. The first kappa shape index (κ1) is 11.7. The molecule has 1 aromatic rings. The topological polar surface area (TPSA) is 38.9 Å². The van der Waals surface area contributed by atoms with Gasteiger partial charge in [0.2, 0.25) is 5.95 Å². The van der Waals surface area contributed by atoms with Crippen LogP contribution < -0.4 is 5.73 Å². The summed E-state index contributed by atoms with van der Waals surface area (Å²) in [5.74, 6) is 5.90. The molecule has 2 aliphatic carbocycles. The number of hydrogen-bond acceptors (Lipinski definition) is 2. The third kappa shape index (κ3) is 2.13. The van der Waals surface area contributed by atoms with Gasteiger partial charge < -0.3 is 5.73 Å². The lowest BCUT2D eigenvalue weighted by Gasteiger charge is -2.33. The predicted octanol–water partition coefficient (Wildman–Crippen LogP) is 2.62. The van der Waals surface area contributed by atoms with E-state index >= 15 is 0 Å². The Hall–Kier alpha value is -1.40. The average molecular weight is 244 g/mol. The van der Waals surface area contributed by atoms with Gasteiger partial charge in [-0.1, -0.05) is 18.4 Å². The van der Waals surface area contributed by atoms with E-state index in [1.54, 1.807) is 12.1 Å². The second kappa shape index (κ2) is 4.07. The molecule has 2 fully saturated rings. The van der Waals surface area contributed by atoms with Crippen molar-refractivity contribution in [2.24, 2.45) is 11.1 Å². The van der Waals surface area contributed by atoms with Gasteiger partial charge in [0.1, 0.15) is 5.69 Å². The maximum absolute atomic E-state index is 13.0. The molecule has 2 aliphatic rings. The Morgan fingerprint density at radius 1 is 1.22 bits per heavy atom. The summed E-state index contributed by atoms with van der Waals surface area (Å²) in [6.07, 6.45) is 6.52. The quantitative estimate of drug-likeness (QED) is 0.563. The van der Waals surface area contributed by atoms with E-state index < -0.39 is 5.95 Å². The van der Waals surface area contributed by atoms with Gasteiger partial charge in [0.05, 0.1) is 0 Å². The Balaban J connectivity index is 1.85. The lowest BCUT2D eigenvalue weighted by Crippen LogP contribution is -2.40. The van der Waals surface area contributed by atoms with Crippen LogP contribution in [-0.4, -0.2) is 10.5 Å². The number of hydrogen-bond donors (Lipinski definition) is 1. The first-order valence-corrected chi connectivity index (χ1v) is 6.54. The van der Waals surface area contributed by atoms with Gasteiger partial charge in [-0.15, -0.1) is 0 Å². The molecule has 0 aromatic carbocycles. The highest BCUT2D eigenvalue weighted by Crippen LogP contribution is 2.52. The zero-order chi connectivity index (χ0) is 12.6. The van der Waals surface area contributed by atoms with Crippen LogP contribution in [0, 0.1) is 23.2 Å². The summed E-state index contributed by atoms with van der Waals surface area (Å²) < 4.78 is 13.0. The summed E-state index contributed by atoms with van der Waals surface area (Å²) in [5.41, 5.74) is 6.91. The maximum atomic E-state index is 13.0. The average Bonchev–Trinajstić information content (AvgIpc) is 2.58. The fourth-order valence-corrected chi connectivity index (χ4v) is 3.39. The standard InChI is InChI=1S/C15H17FN2/c16-13-4-1-3-12(18-13)5-8-14-6-2-7-15(17,11-14)10-9-14/h1,3-4H,2,6-7,9-11,17H2. The lowest BCUT2D eigenvalue weighted by atomic mass is 9.74. The Morgan fingerprint density at radius 2 is 2.11 bits per heavy atom. The van der Waals surface area contributed by atoms with Crippen molar-refractivity contribution in [1.29, 1.82) is 0 Å². The molecule has 3 rings (SSSR count). The first-order valence-electron chi connectivity index (χ1n) is 6.54. The molecule has 2 unspecified atom stereocenters. The van der Waals surface area contributed by atoms with Gasteiger partial charge in [-0.05, 0) is 50.2 Å². The molecule has 2 saturated carbocycles. The van der Waals surface area contributed by atoms with E-state index in [0.29, 0.717) is 5.69 Å². The molecule has 0 aliphatic heterocycles. The molecule has 3 heteroatoms. The Morgan fingerprint density at radius 3 is 2.94 bits per heavy atom. The van der Waals surface area contributed by atoms with Crippen LogP contribution in [-0.2, 0) is 0 Å². The molecule has 1 heterocycles. The minimum Gasteiger partial charge on any atom is -0.325 e. The number of rotatable bonds is 0. The third-order valence-corrected chi connectivity index (χ3v) is 4.29. The van der Waals surface area contributed by atoms with Crippen molar-refractivity contribution in [3.8, 4) is 11.8 Å².